The van der Waals surface area contributed by atoms with Crippen molar-refractivity contribution in [2.45, 2.75) is 49.6 Å². The van der Waals surface area contributed by atoms with E-state index in [1.807, 2.05) is 21.9 Å². The van der Waals surface area contributed by atoms with Crippen molar-refractivity contribution >= 4 is 40.1 Å². The molecule has 3 aliphatic rings. The van der Waals surface area contributed by atoms with Gasteiger partial charge in [0, 0.05) is 34.9 Å². The lowest BCUT2D eigenvalue weighted by Crippen LogP contribution is -2.54. The standard InChI is InChI=1S/C29H34ClN5O2/c1-33(2)15-13-29(11-12-29)20-6-8-21(9-7-20)35-18-26-24(4-3-14-34(26)28(35)37)32-27(36)19-5-10-22-23(30)17-31-25(22)16-19/h5-10,16-17,24,26,31H,3-4,11-15,18H2,1-2H3,(H,32,36)/t24-,26-/m1/s1. The molecular weight excluding hydrogens is 486 g/mol. The number of nitrogens with zero attached hydrogens (tertiary/aromatic N) is 3. The van der Waals surface area contributed by atoms with Crippen molar-refractivity contribution in [3.63, 3.8) is 0 Å². The number of carbonyl (C=O) groups excluding carboxylic acids is 2. The lowest BCUT2D eigenvalue weighted by Gasteiger charge is -2.35. The van der Waals surface area contributed by atoms with Gasteiger partial charge in [-0.3, -0.25) is 9.69 Å². The lowest BCUT2D eigenvalue weighted by molar-refractivity contribution is 0.0887. The summed E-state index contributed by atoms with van der Waals surface area (Å²) in [5.74, 6) is -0.123. The second-order valence-electron chi connectivity index (χ2n) is 11.2. The molecule has 3 fully saturated rings. The Labute approximate surface area is 222 Å². The Hall–Kier alpha value is -3.03. The molecule has 0 bridgehead atoms. The lowest BCUT2D eigenvalue weighted by atomic mass is 9.92. The van der Waals surface area contributed by atoms with Gasteiger partial charge < -0.3 is 20.1 Å². The van der Waals surface area contributed by atoms with E-state index in [4.69, 9.17) is 11.6 Å². The molecule has 2 atom stereocenters. The molecule has 3 aromatic rings. The topological polar surface area (TPSA) is 71.7 Å². The number of H-pyrrole nitrogens is 1. The highest BCUT2D eigenvalue weighted by molar-refractivity contribution is 6.35. The normalized spacial score (nSPS) is 22.5. The molecule has 0 spiro atoms. The second kappa shape index (κ2) is 9.37. The Morgan fingerprint density at radius 3 is 2.70 bits per heavy atom. The van der Waals surface area contributed by atoms with Crippen molar-refractivity contribution in [1.82, 2.24) is 20.1 Å². The van der Waals surface area contributed by atoms with Gasteiger partial charge in [0.2, 0.25) is 0 Å². The van der Waals surface area contributed by atoms with Crippen LogP contribution in [0.15, 0.2) is 48.7 Å². The number of aromatic amines is 1. The van der Waals surface area contributed by atoms with Crippen LogP contribution >= 0.6 is 11.6 Å². The zero-order chi connectivity index (χ0) is 25.7. The molecule has 1 aromatic heterocycles. The number of rotatable bonds is 7. The molecule has 1 aliphatic carbocycles. The zero-order valence-electron chi connectivity index (χ0n) is 21.5. The third-order valence-corrected chi connectivity index (χ3v) is 8.83. The molecule has 0 radical (unpaired) electrons. The Balaban J connectivity index is 1.15. The first-order chi connectivity index (χ1) is 17.8. The van der Waals surface area contributed by atoms with Crippen LogP contribution in [-0.2, 0) is 5.41 Å². The van der Waals surface area contributed by atoms with E-state index in [0.717, 1.165) is 42.5 Å². The Morgan fingerprint density at radius 1 is 1.19 bits per heavy atom. The molecule has 6 rings (SSSR count). The first-order valence-corrected chi connectivity index (χ1v) is 13.6. The molecule has 2 saturated heterocycles. The molecule has 7 nitrogen and oxygen atoms in total. The van der Waals surface area contributed by atoms with E-state index in [9.17, 15) is 9.59 Å². The number of anilines is 1. The van der Waals surface area contributed by atoms with Gasteiger partial charge in [0.15, 0.2) is 0 Å². The van der Waals surface area contributed by atoms with Gasteiger partial charge >= 0.3 is 6.03 Å². The van der Waals surface area contributed by atoms with Crippen molar-refractivity contribution < 1.29 is 9.59 Å². The SMILES string of the molecule is CN(C)CCC1(c2ccc(N3C[C@@H]4[C@H](NC(=O)c5ccc6c(Cl)c[nH]c6c5)CCCN4C3=O)cc2)CC1. The van der Waals surface area contributed by atoms with Crippen molar-refractivity contribution in [2.75, 3.05) is 38.6 Å². The highest BCUT2D eigenvalue weighted by Crippen LogP contribution is 2.51. The minimum atomic E-state index is -0.123. The van der Waals surface area contributed by atoms with E-state index >= 15 is 0 Å². The van der Waals surface area contributed by atoms with Gasteiger partial charge in [0.05, 0.1) is 23.7 Å². The predicted molar refractivity (Wildman–Crippen MR) is 148 cm³/mol. The molecule has 37 heavy (non-hydrogen) atoms. The summed E-state index contributed by atoms with van der Waals surface area (Å²) < 4.78 is 0. The van der Waals surface area contributed by atoms with Gasteiger partial charge in [0.25, 0.3) is 5.91 Å². The fourth-order valence-electron chi connectivity index (χ4n) is 6.07. The fraction of sp³-hybridized carbons (Fsp3) is 0.448. The Kier molecular flexibility index (Phi) is 6.16. The molecule has 3 heterocycles. The average Bonchev–Trinajstić information content (AvgIpc) is 3.50. The third kappa shape index (κ3) is 4.48. The summed E-state index contributed by atoms with van der Waals surface area (Å²) in [4.78, 5) is 35.7. The summed E-state index contributed by atoms with van der Waals surface area (Å²) in [5.41, 5.74) is 4.05. The van der Waals surface area contributed by atoms with E-state index < -0.39 is 0 Å². The molecule has 1 saturated carbocycles. The number of amides is 3. The second-order valence-corrected chi connectivity index (χ2v) is 11.6. The minimum Gasteiger partial charge on any atom is -0.360 e. The highest BCUT2D eigenvalue weighted by Gasteiger charge is 2.46. The number of benzene rings is 2. The highest BCUT2D eigenvalue weighted by atomic mass is 35.5. The number of carbonyl (C=O) groups is 2. The molecule has 2 aliphatic heterocycles. The van der Waals surface area contributed by atoms with E-state index in [1.165, 1.54) is 24.8 Å². The summed E-state index contributed by atoms with van der Waals surface area (Å²) >= 11 is 6.18. The van der Waals surface area contributed by atoms with Crippen molar-refractivity contribution in [1.29, 1.82) is 0 Å². The molecule has 2 aromatic carbocycles. The van der Waals surface area contributed by atoms with Crippen LogP contribution in [0.1, 0.15) is 48.0 Å². The van der Waals surface area contributed by atoms with Crippen molar-refractivity contribution in [3.8, 4) is 0 Å². The van der Waals surface area contributed by atoms with Crippen LogP contribution in [0.25, 0.3) is 10.9 Å². The smallest absolute Gasteiger partial charge is 0.324 e. The van der Waals surface area contributed by atoms with E-state index in [-0.39, 0.29) is 24.0 Å². The predicted octanol–water partition coefficient (Wildman–Crippen LogP) is 5.01. The zero-order valence-corrected chi connectivity index (χ0v) is 22.2. The van der Waals surface area contributed by atoms with E-state index in [2.05, 4.69) is 53.6 Å². The number of fused-ring (bicyclic) bond motifs is 2. The quantitative estimate of drug-likeness (QED) is 0.461. The van der Waals surface area contributed by atoms with Crippen LogP contribution < -0.4 is 10.2 Å². The van der Waals surface area contributed by atoms with Gasteiger partial charge in [-0.25, -0.2) is 4.79 Å². The van der Waals surface area contributed by atoms with Crippen LogP contribution in [-0.4, -0.2) is 72.5 Å². The maximum absolute atomic E-state index is 13.4. The summed E-state index contributed by atoms with van der Waals surface area (Å²) in [5, 5.41) is 4.76. The number of halogens is 1. The maximum atomic E-state index is 13.4. The largest absolute Gasteiger partial charge is 0.360 e. The third-order valence-electron chi connectivity index (χ3n) is 8.52. The molecule has 3 amide bonds. The Morgan fingerprint density at radius 2 is 1.97 bits per heavy atom. The fourth-order valence-corrected chi connectivity index (χ4v) is 6.29. The number of hydrogen-bond acceptors (Lipinski definition) is 3. The summed E-state index contributed by atoms with van der Waals surface area (Å²) in [6, 6.07) is 14.0. The van der Waals surface area contributed by atoms with Crippen molar-refractivity contribution in [2.24, 2.45) is 0 Å². The van der Waals surface area contributed by atoms with Crippen LogP contribution in [0.3, 0.4) is 0 Å². The number of piperidine rings is 1. The Bertz CT molecular complexity index is 1330. The van der Waals surface area contributed by atoms with E-state index in [1.54, 1.807) is 12.3 Å². The first kappa shape index (κ1) is 24.3. The minimum absolute atomic E-state index is 0.0351. The first-order valence-electron chi connectivity index (χ1n) is 13.3. The molecule has 194 valence electrons. The van der Waals surface area contributed by atoms with Gasteiger partial charge in [-0.1, -0.05) is 29.8 Å². The number of nitrogens with one attached hydrogen (secondary N) is 2. The number of hydrogen-bond donors (Lipinski definition) is 2. The summed E-state index contributed by atoms with van der Waals surface area (Å²) in [7, 11) is 4.25. The van der Waals surface area contributed by atoms with Gasteiger partial charge in [0.1, 0.15) is 0 Å². The number of urea groups is 1. The number of aromatic nitrogens is 1. The van der Waals surface area contributed by atoms with Gasteiger partial charge in [-0.15, -0.1) is 0 Å². The molecule has 2 N–H and O–H groups in total. The summed E-state index contributed by atoms with van der Waals surface area (Å²) in [6.45, 7) is 2.40. The van der Waals surface area contributed by atoms with Crippen LogP contribution in [0, 0.1) is 0 Å². The van der Waals surface area contributed by atoms with Crippen LogP contribution in [0.5, 0.6) is 0 Å². The molecule has 0 unspecified atom stereocenters. The maximum Gasteiger partial charge on any atom is 0.324 e. The molecule has 8 heteroatoms. The average molecular weight is 520 g/mol. The summed E-state index contributed by atoms with van der Waals surface area (Å²) in [6.07, 6.45) is 7.11. The molecular formula is C29H34ClN5O2. The van der Waals surface area contributed by atoms with Crippen LogP contribution in [0.4, 0.5) is 10.5 Å². The van der Waals surface area contributed by atoms with E-state index in [0.29, 0.717) is 22.5 Å². The van der Waals surface area contributed by atoms with Crippen LogP contribution in [0.2, 0.25) is 5.02 Å². The van der Waals surface area contributed by atoms with Crippen molar-refractivity contribution in [3.05, 3.63) is 64.8 Å². The van der Waals surface area contributed by atoms with Gasteiger partial charge in [-0.2, -0.15) is 0 Å². The monoisotopic (exact) mass is 519 g/mol. The van der Waals surface area contributed by atoms with Gasteiger partial charge in [-0.05, 0) is 88.0 Å².